The van der Waals surface area contributed by atoms with E-state index in [-0.39, 0.29) is 0 Å². The van der Waals surface area contributed by atoms with Crippen LogP contribution in [0.1, 0.15) is 11.1 Å². The zero-order chi connectivity index (χ0) is 11.5. The Hall–Kier alpha value is -2.07. The Labute approximate surface area is 103 Å². The lowest BCUT2D eigenvalue weighted by Gasteiger charge is -1.93. The average Bonchev–Trinajstić information content (AvgIpc) is 2.85. The summed E-state index contributed by atoms with van der Waals surface area (Å²) in [6.45, 7) is 0. The van der Waals surface area contributed by atoms with Crippen molar-refractivity contribution in [3.05, 3.63) is 53.7 Å². The fourth-order valence-corrected chi connectivity index (χ4v) is 2.03. The third-order valence-corrected chi connectivity index (χ3v) is 2.94. The number of pyridine rings is 1. The summed E-state index contributed by atoms with van der Waals surface area (Å²) in [5.41, 5.74) is 3.77. The zero-order valence-electron chi connectivity index (χ0n) is 8.95. The molecule has 0 unspecified atom stereocenters. The molecule has 0 atom stereocenters. The van der Waals surface area contributed by atoms with Gasteiger partial charge in [-0.15, -0.1) is 0 Å². The average molecular weight is 239 g/mol. The van der Waals surface area contributed by atoms with Crippen molar-refractivity contribution in [3.63, 3.8) is 0 Å². The van der Waals surface area contributed by atoms with Gasteiger partial charge in [-0.05, 0) is 17.2 Å². The highest BCUT2D eigenvalue weighted by atomic mass is 32.1. The molecule has 3 rings (SSSR count). The fourth-order valence-electron chi connectivity index (χ4n) is 1.55. The maximum absolute atomic E-state index is 4.24. The highest BCUT2D eigenvalue weighted by Crippen LogP contribution is 2.13. The first-order chi connectivity index (χ1) is 8.42. The number of benzene rings is 1. The molecular weight excluding hydrogens is 230 g/mol. The molecule has 0 saturated heterocycles. The van der Waals surface area contributed by atoms with Gasteiger partial charge in [0.05, 0.1) is 11.7 Å². The van der Waals surface area contributed by atoms with Crippen molar-refractivity contribution < 1.29 is 0 Å². The number of aromatic nitrogens is 3. The minimum absolute atomic E-state index is 0.715. The van der Waals surface area contributed by atoms with Crippen LogP contribution in [0, 0.1) is 0 Å². The van der Waals surface area contributed by atoms with E-state index in [1.165, 1.54) is 17.3 Å². The summed E-state index contributed by atoms with van der Waals surface area (Å²) in [6.07, 6.45) is 5.90. The Morgan fingerprint density at radius 2 is 1.76 bits per heavy atom. The SMILES string of the molecule is C(=C\c1cnc2nsnc2c1)/c1ccccc1. The number of fused-ring (bicyclic) bond motifs is 1. The van der Waals surface area contributed by atoms with Crippen LogP contribution >= 0.6 is 11.7 Å². The predicted octanol–water partition coefficient (Wildman–Crippen LogP) is 3.26. The van der Waals surface area contributed by atoms with E-state index in [1.54, 1.807) is 0 Å². The predicted molar refractivity (Wildman–Crippen MR) is 70.6 cm³/mol. The van der Waals surface area contributed by atoms with Gasteiger partial charge in [-0.25, -0.2) is 4.98 Å². The molecule has 3 aromatic rings. The van der Waals surface area contributed by atoms with Crippen LogP contribution in [0.15, 0.2) is 42.6 Å². The molecule has 82 valence electrons. The van der Waals surface area contributed by atoms with Crippen LogP contribution in [-0.4, -0.2) is 13.7 Å². The molecule has 0 fully saturated rings. The number of nitrogens with zero attached hydrogens (tertiary/aromatic N) is 3. The van der Waals surface area contributed by atoms with E-state index in [0.29, 0.717) is 5.65 Å². The maximum atomic E-state index is 4.24. The van der Waals surface area contributed by atoms with Crippen molar-refractivity contribution in [1.82, 2.24) is 13.7 Å². The lowest BCUT2D eigenvalue weighted by molar-refractivity contribution is 1.35. The first kappa shape index (κ1) is 10.1. The summed E-state index contributed by atoms with van der Waals surface area (Å²) < 4.78 is 8.24. The maximum Gasteiger partial charge on any atom is 0.193 e. The van der Waals surface area contributed by atoms with E-state index >= 15 is 0 Å². The molecule has 1 aromatic carbocycles. The van der Waals surface area contributed by atoms with Gasteiger partial charge in [-0.1, -0.05) is 42.5 Å². The lowest BCUT2D eigenvalue weighted by atomic mass is 10.2. The third-order valence-electron chi connectivity index (χ3n) is 2.40. The van der Waals surface area contributed by atoms with Crippen LogP contribution in [-0.2, 0) is 0 Å². The van der Waals surface area contributed by atoms with Crippen LogP contribution in [0.2, 0.25) is 0 Å². The summed E-state index contributed by atoms with van der Waals surface area (Å²) in [5, 5.41) is 0. The van der Waals surface area contributed by atoms with Gasteiger partial charge in [-0.2, -0.15) is 8.75 Å². The van der Waals surface area contributed by atoms with Crippen LogP contribution < -0.4 is 0 Å². The van der Waals surface area contributed by atoms with E-state index in [2.05, 4.69) is 31.9 Å². The summed E-state index contributed by atoms with van der Waals surface area (Å²) >= 11 is 1.19. The van der Waals surface area contributed by atoms with Gasteiger partial charge in [0.2, 0.25) is 0 Å². The zero-order valence-corrected chi connectivity index (χ0v) is 9.76. The number of hydrogen-bond donors (Lipinski definition) is 0. The van der Waals surface area contributed by atoms with Crippen molar-refractivity contribution in [1.29, 1.82) is 0 Å². The number of hydrogen-bond acceptors (Lipinski definition) is 4. The van der Waals surface area contributed by atoms with E-state index < -0.39 is 0 Å². The molecule has 0 spiro atoms. The first-order valence-corrected chi connectivity index (χ1v) is 5.96. The van der Waals surface area contributed by atoms with Crippen LogP contribution in [0.3, 0.4) is 0 Å². The molecule has 17 heavy (non-hydrogen) atoms. The normalized spacial score (nSPS) is 11.3. The quantitative estimate of drug-likeness (QED) is 0.689. The van der Waals surface area contributed by atoms with Gasteiger partial charge in [0.15, 0.2) is 5.65 Å². The van der Waals surface area contributed by atoms with Crippen molar-refractivity contribution in [2.45, 2.75) is 0 Å². The monoisotopic (exact) mass is 239 g/mol. The van der Waals surface area contributed by atoms with E-state index in [0.717, 1.165) is 11.1 Å². The molecule has 4 heteroatoms. The molecule has 0 bridgehead atoms. The molecule has 0 aliphatic carbocycles. The first-order valence-electron chi connectivity index (χ1n) is 5.23. The second-order valence-corrected chi connectivity index (χ2v) is 4.15. The van der Waals surface area contributed by atoms with Crippen LogP contribution in [0.5, 0.6) is 0 Å². The molecule has 0 radical (unpaired) electrons. The Morgan fingerprint density at radius 1 is 0.941 bits per heavy atom. The Bertz CT molecular complexity index is 658. The summed E-state index contributed by atoms with van der Waals surface area (Å²) in [6, 6.07) is 12.2. The topological polar surface area (TPSA) is 38.7 Å². The lowest BCUT2D eigenvalue weighted by Crippen LogP contribution is -1.79. The molecule has 0 aliphatic heterocycles. The van der Waals surface area contributed by atoms with Crippen LogP contribution in [0.4, 0.5) is 0 Å². The van der Waals surface area contributed by atoms with Gasteiger partial charge in [0.25, 0.3) is 0 Å². The molecule has 0 N–H and O–H groups in total. The fraction of sp³-hybridized carbons (Fsp3) is 0. The molecule has 2 heterocycles. The van der Waals surface area contributed by atoms with Crippen molar-refractivity contribution in [2.24, 2.45) is 0 Å². The summed E-state index contributed by atoms with van der Waals surface area (Å²) in [5.74, 6) is 0. The van der Waals surface area contributed by atoms with Crippen molar-refractivity contribution in [2.75, 3.05) is 0 Å². The molecule has 3 nitrogen and oxygen atoms in total. The summed E-state index contributed by atoms with van der Waals surface area (Å²) in [4.78, 5) is 4.24. The van der Waals surface area contributed by atoms with E-state index in [4.69, 9.17) is 0 Å². The standard InChI is InChI=1S/C13H9N3S/c1-2-4-10(5-3-1)6-7-11-8-12-13(14-9-11)16-17-15-12/h1-9H/b7-6+. The third kappa shape index (κ3) is 2.21. The second kappa shape index (κ2) is 4.43. The van der Waals surface area contributed by atoms with Gasteiger partial charge in [0.1, 0.15) is 5.52 Å². The van der Waals surface area contributed by atoms with E-state index in [9.17, 15) is 0 Å². The van der Waals surface area contributed by atoms with Crippen LogP contribution in [0.25, 0.3) is 23.3 Å². The van der Waals surface area contributed by atoms with Gasteiger partial charge < -0.3 is 0 Å². The Morgan fingerprint density at radius 3 is 2.65 bits per heavy atom. The highest BCUT2D eigenvalue weighted by molar-refractivity contribution is 7.00. The van der Waals surface area contributed by atoms with E-state index in [1.807, 2.05) is 36.5 Å². The molecule has 0 saturated carbocycles. The molecule has 2 aromatic heterocycles. The number of rotatable bonds is 2. The molecular formula is C13H9N3S. The highest BCUT2D eigenvalue weighted by Gasteiger charge is 1.98. The minimum atomic E-state index is 0.715. The minimum Gasteiger partial charge on any atom is -0.234 e. The Kier molecular flexibility index (Phi) is 2.63. The molecule has 0 amide bonds. The van der Waals surface area contributed by atoms with Crippen molar-refractivity contribution in [3.8, 4) is 0 Å². The van der Waals surface area contributed by atoms with Gasteiger partial charge in [-0.3, -0.25) is 0 Å². The largest absolute Gasteiger partial charge is 0.234 e. The van der Waals surface area contributed by atoms with Crippen molar-refractivity contribution >= 4 is 35.0 Å². The van der Waals surface area contributed by atoms with Gasteiger partial charge >= 0.3 is 0 Å². The second-order valence-electron chi connectivity index (χ2n) is 3.62. The van der Waals surface area contributed by atoms with Gasteiger partial charge in [0, 0.05) is 6.20 Å². The Balaban J connectivity index is 1.92. The molecule has 0 aliphatic rings. The smallest absolute Gasteiger partial charge is 0.193 e. The summed E-state index contributed by atoms with van der Waals surface area (Å²) in [7, 11) is 0.